The Balaban J connectivity index is 1.47. The molecule has 2 heterocycles. The molecule has 0 aliphatic carbocycles. The topological polar surface area (TPSA) is 98.9 Å². The Kier molecular flexibility index (Phi) is 5.69. The van der Waals surface area contributed by atoms with Crippen molar-refractivity contribution in [3.05, 3.63) is 87.5 Å². The van der Waals surface area contributed by atoms with E-state index in [1.165, 1.54) is 29.0 Å². The first-order valence-corrected chi connectivity index (χ1v) is 11.3. The molecule has 4 aromatic rings. The molecular weight excluding hydrogens is 452 g/mol. The van der Waals surface area contributed by atoms with Gasteiger partial charge in [0, 0.05) is 17.7 Å². The Morgan fingerprint density at radius 3 is 2.62 bits per heavy atom. The van der Waals surface area contributed by atoms with Gasteiger partial charge in [0.1, 0.15) is 0 Å². The minimum Gasteiger partial charge on any atom is -0.454 e. The monoisotopic (exact) mass is 472 g/mol. The lowest BCUT2D eigenvalue weighted by Crippen LogP contribution is -1.93. The summed E-state index contributed by atoms with van der Waals surface area (Å²) in [5.74, 6) is 1.41. The lowest BCUT2D eigenvalue weighted by Gasteiger charge is -2.07. The number of ether oxygens (including phenoxy) is 2. The normalized spacial score (nSPS) is 12.3. The van der Waals surface area contributed by atoms with Crippen molar-refractivity contribution >= 4 is 28.4 Å². The molecule has 0 amide bonds. The predicted octanol–water partition coefficient (Wildman–Crippen LogP) is 6.18. The molecule has 0 atom stereocenters. The van der Waals surface area contributed by atoms with Crippen LogP contribution in [0.2, 0.25) is 0 Å². The highest BCUT2D eigenvalue weighted by Gasteiger charge is 2.18. The van der Waals surface area contributed by atoms with E-state index < -0.39 is 4.92 Å². The number of anilines is 1. The van der Waals surface area contributed by atoms with Gasteiger partial charge in [-0.3, -0.25) is 15.5 Å². The van der Waals surface area contributed by atoms with Gasteiger partial charge in [0.2, 0.25) is 11.9 Å². The molecule has 0 saturated carbocycles. The van der Waals surface area contributed by atoms with Gasteiger partial charge in [0.25, 0.3) is 5.69 Å². The van der Waals surface area contributed by atoms with Crippen LogP contribution in [-0.2, 0) is 0 Å². The summed E-state index contributed by atoms with van der Waals surface area (Å²) in [7, 11) is 0. The van der Waals surface area contributed by atoms with E-state index >= 15 is 0 Å². The van der Waals surface area contributed by atoms with Gasteiger partial charge in [-0.1, -0.05) is 35.1 Å². The summed E-state index contributed by atoms with van der Waals surface area (Å²) in [4.78, 5) is 16.4. The number of fused-ring (bicyclic) bond motifs is 1. The molecule has 1 aliphatic heterocycles. The van der Waals surface area contributed by atoms with Crippen molar-refractivity contribution in [3.8, 4) is 33.2 Å². The van der Waals surface area contributed by atoms with Gasteiger partial charge in [-0.05, 0) is 60.9 Å². The third kappa shape index (κ3) is 4.33. The number of benzene rings is 3. The van der Waals surface area contributed by atoms with E-state index in [1.807, 2.05) is 44.2 Å². The predicted molar refractivity (Wildman–Crippen MR) is 133 cm³/mol. The molecule has 170 valence electrons. The summed E-state index contributed by atoms with van der Waals surface area (Å²) < 4.78 is 10.7. The van der Waals surface area contributed by atoms with Crippen LogP contribution in [0.4, 0.5) is 10.8 Å². The molecule has 5 rings (SSSR count). The van der Waals surface area contributed by atoms with Crippen LogP contribution in [0.25, 0.3) is 21.7 Å². The highest BCUT2D eigenvalue weighted by Crippen LogP contribution is 2.40. The Morgan fingerprint density at radius 1 is 1.06 bits per heavy atom. The number of hydrogen-bond donors (Lipinski definition) is 1. The fourth-order valence-corrected chi connectivity index (χ4v) is 4.65. The van der Waals surface area contributed by atoms with E-state index in [9.17, 15) is 10.1 Å². The maximum Gasteiger partial charge on any atom is 0.269 e. The van der Waals surface area contributed by atoms with E-state index in [2.05, 4.69) is 16.6 Å². The van der Waals surface area contributed by atoms with Gasteiger partial charge in [-0.15, -0.1) is 0 Å². The van der Waals surface area contributed by atoms with Crippen LogP contribution >= 0.6 is 11.3 Å². The number of thiazole rings is 1. The number of non-ortho nitro benzene ring substituents is 1. The summed E-state index contributed by atoms with van der Waals surface area (Å²) in [5, 5.41) is 16.0. The number of hydrogen-bond acceptors (Lipinski definition) is 8. The van der Waals surface area contributed by atoms with Gasteiger partial charge in [0.15, 0.2) is 11.5 Å². The van der Waals surface area contributed by atoms with E-state index in [0.29, 0.717) is 10.9 Å². The third-order valence-corrected chi connectivity index (χ3v) is 6.38. The van der Waals surface area contributed by atoms with Crippen LogP contribution in [0.5, 0.6) is 11.5 Å². The molecule has 3 aromatic carbocycles. The van der Waals surface area contributed by atoms with Gasteiger partial charge in [0.05, 0.1) is 21.7 Å². The quantitative estimate of drug-likeness (QED) is 0.204. The number of aryl methyl sites for hydroxylation is 2. The fraction of sp³-hybridized carbons (Fsp3) is 0.120. The summed E-state index contributed by atoms with van der Waals surface area (Å²) >= 11 is 1.44. The maximum atomic E-state index is 11.1. The first-order chi connectivity index (χ1) is 16.5. The zero-order valence-electron chi connectivity index (χ0n) is 18.4. The number of rotatable bonds is 6. The largest absolute Gasteiger partial charge is 0.454 e. The van der Waals surface area contributed by atoms with Crippen molar-refractivity contribution in [2.75, 3.05) is 12.2 Å². The molecule has 0 unspecified atom stereocenters. The van der Waals surface area contributed by atoms with E-state index in [1.54, 1.807) is 18.3 Å². The van der Waals surface area contributed by atoms with E-state index in [0.717, 1.165) is 38.6 Å². The second kappa shape index (κ2) is 8.95. The highest BCUT2D eigenvalue weighted by atomic mass is 32.1. The molecule has 1 aromatic heterocycles. The average molecular weight is 473 g/mol. The number of hydrazone groups is 1. The Labute approximate surface area is 199 Å². The van der Waals surface area contributed by atoms with Gasteiger partial charge < -0.3 is 9.47 Å². The second-order valence-corrected chi connectivity index (χ2v) is 8.80. The molecular formula is C25H20N4O4S. The van der Waals surface area contributed by atoms with Crippen molar-refractivity contribution < 1.29 is 14.4 Å². The molecule has 9 heteroatoms. The van der Waals surface area contributed by atoms with Crippen molar-refractivity contribution in [1.29, 1.82) is 0 Å². The first-order valence-electron chi connectivity index (χ1n) is 10.5. The van der Waals surface area contributed by atoms with Crippen LogP contribution in [0.1, 0.15) is 16.7 Å². The summed E-state index contributed by atoms with van der Waals surface area (Å²) in [5.41, 5.74) is 8.85. The summed E-state index contributed by atoms with van der Waals surface area (Å²) in [6, 6.07) is 18.3. The van der Waals surface area contributed by atoms with Crippen LogP contribution in [-0.4, -0.2) is 22.9 Å². The zero-order valence-corrected chi connectivity index (χ0v) is 19.3. The lowest BCUT2D eigenvalue weighted by molar-refractivity contribution is -0.384. The van der Waals surface area contributed by atoms with E-state index in [4.69, 9.17) is 14.5 Å². The number of nitrogens with zero attached hydrogens (tertiary/aromatic N) is 3. The minimum atomic E-state index is -0.403. The molecule has 1 aliphatic rings. The van der Waals surface area contributed by atoms with Gasteiger partial charge in [-0.2, -0.15) is 5.10 Å². The van der Waals surface area contributed by atoms with Crippen LogP contribution in [0.3, 0.4) is 0 Å². The number of nitrogens with one attached hydrogen (secondary N) is 1. The average Bonchev–Trinajstić information content (AvgIpc) is 3.46. The number of nitro benzene ring substituents is 1. The first kappa shape index (κ1) is 21.6. The van der Waals surface area contributed by atoms with Crippen LogP contribution in [0, 0.1) is 24.0 Å². The highest BCUT2D eigenvalue weighted by molar-refractivity contribution is 7.19. The number of aromatic nitrogens is 1. The molecule has 8 nitrogen and oxygen atoms in total. The molecule has 0 fully saturated rings. The summed E-state index contributed by atoms with van der Waals surface area (Å²) in [6.07, 6.45) is 1.69. The zero-order chi connectivity index (χ0) is 23.7. The maximum absolute atomic E-state index is 11.1. The molecule has 0 radical (unpaired) electrons. The van der Waals surface area contributed by atoms with E-state index in [-0.39, 0.29) is 12.5 Å². The van der Waals surface area contributed by atoms with Crippen LogP contribution < -0.4 is 14.9 Å². The second-order valence-electron chi connectivity index (χ2n) is 7.80. The molecule has 0 spiro atoms. The Hall–Kier alpha value is -4.24. The lowest BCUT2D eigenvalue weighted by atomic mass is 10.0. The Bertz CT molecular complexity index is 1410. The minimum absolute atomic E-state index is 0.0491. The molecule has 0 bridgehead atoms. The standard InChI is InChI=1S/C25H20N4O4S/c1-15-3-9-20(16(2)11-15)23-24(18-5-7-19(8-6-18)29(30)31)34-25(27-23)28-26-13-17-4-10-21-22(12-17)33-14-32-21/h3-13H,14H2,1-2H3,(H,27,28)/b26-13-. The van der Waals surface area contributed by atoms with Crippen molar-refractivity contribution in [2.24, 2.45) is 5.10 Å². The van der Waals surface area contributed by atoms with Crippen LogP contribution in [0.15, 0.2) is 65.8 Å². The molecule has 0 saturated heterocycles. The smallest absolute Gasteiger partial charge is 0.269 e. The fourth-order valence-electron chi connectivity index (χ4n) is 3.72. The van der Waals surface area contributed by atoms with Gasteiger partial charge >= 0.3 is 0 Å². The number of nitro groups is 1. The molecule has 34 heavy (non-hydrogen) atoms. The van der Waals surface area contributed by atoms with Crippen molar-refractivity contribution in [3.63, 3.8) is 0 Å². The Morgan fingerprint density at radius 2 is 1.85 bits per heavy atom. The SMILES string of the molecule is Cc1ccc(-c2nc(N/N=C\c3ccc4c(c3)OCO4)sc2-c2ccc([N+](=O)[O-])cc2)c(C)c1. The molecule has 1 N–H and O–H groups in total. The van der Waals surface area contributed by atoms with Gasteiger partial charge in [-0.25, -0.2) is 4.98 Å². The third-order valence-electron chi connectivity index (χ3n) is 5.37. The summed E-state index contributed by atoms with van der Waals surface area (Å²) in [6.45, 7) is 4.32. The van der Waals surface area contributed by atoms with Crippen molar-refractivity contribution in [1.82, 2.24) is 4.98 Å². The van der Waals surface area contributed by atoms with Crippen molar-refractivity contribution in [2.45, 2.75) is 13.8 Å².